The molecule has 28 heavy (non-hydrogen) atoms. The smallest absolute Gasteiger partial charge is 0.314 e. The van der Waals surface area contributed by atoms with Crippen LogP contribution in [0.5, 0.6) is 0 Å². The molecule has 2 aliphatic heterocycles. The molecule has 2 atom stereocenters. The van der Waals surface area contributed by atoms with E-state index in [2.05, 4.69) is 6.07 Å². The molecule has 2 aliphatic rings. The van der Waals surface area contributed by atoms with E-state index in [1.165, 1.54) is 0 Å². The predicted molar refractivity (Wildman–Crippen MR) is 109 cm³/mol. The Kier molecular flexibility index (Phi) is 4.81. The van der Waals surface area contributed by atoms with Gasteiger partial charge in [0.15, 0.2) is 9.84 Å². The largest absolute Gasteiger partial charge is 0.325 e. The highest BCUT2D eigenvalue weighted by molar-refractivity contribution is 7.98. The van der Waals surface area contributed by atoms with E-state index in [9.17, 15) is 13.2 Å². The number of hydrogen-bond donors (Lipinski definition) is 0. The van der Waals surface area contributed by atoms with E-state index >= 15 is 0 Å². The summed E-state index contributed by atoms with van der Waals surface area (Å²) in [6, 6.07) is 15.8. The molecule has 6 nitrogen and oxygen atoms in total. The number of fused-ring (bicyclic) bond motifs is 1. The van der Waals surface area contributed by atoms with Crippen LogP contribution in [-0.2, 0) is 16.4 Å². The molecule has 4 rings (SSSR count). The third-order valence-corrected chi connectivity index (χ3v) is 7.67. The van der Waals surface area contributed by atoms with Crippen molar-refractivity contribution >= 4 is 33.3 Å². The lowest BCUT2D eigenvalue weighted by molar-refractivity contribution is 0.206. The normalized spacial score (nSPS) is 22.9. The van der Waals surface area contributed by atoms with Crippen LogP contribution in [0.15, 0.2) is 53.4 Å². The number of hydrogen-bond acceptors (Lipinski definition) is 5. The molecular weight excluding hydrogens is 394 g/mol. The van der Waals surface area contributed by atoms with Crippen molar-refractivity contribution in [2.45, 2.75) is 23.5 Å². The van der Waals surface area contributed by atoms with Crippen molar-refractivity contribution in [3.8, 4) is 6.07 Å². The average Bonchev–Trinajstić information content (AvgIpc) is 3.12. The molecule has 2 heterocycles. The van der Waals surface area contributed by atoms with Gasteiger partial charge in [-0.25, -0.2) is 13.2 Å². The van der Waals surface area contributed by atoms with E-state index in [0.29, 0.717) is 12.1 Å². The molecule has 8 heteroatoms. The van der Waals surface area contributed by atoms with Crippen LogP contribution in [0.25, 0.3) is 0 Å². The highest BCUT2D eigenvalue weighted by atomic mass is 32.2. The number of benzene rings is 2. The van der Waals surface area contributed by atoms with Crippen LogP contribution in [0.2, 0.25) is 0 Å². The van der Waals surface area contributed by atoms with Crippen molar-refractivity contribution in [1.82, 2.24) is 4.90 Å². The Morgan fingerprint density at radius 2 is 1.86 bits per heavy atom. The molecule has 2 aromatic carbocycles. The standard InChI is InChI=1S/C20H19N3O3S2/c1-27-17-4-2-3-16(9-17)23-19-13-28(25,26)12-18(19)22(20(23)24)11-15-7-5-14(10-21)6-8-15/h2-9,18-19H,11-13H2,1H3. The highest BCUT2D eigenvalue weighted by Gasteiger charge is 2.53. The SMILES string of the molecule is CSc1cccc(N2C(=O)N(Cc3ccc(C#N)cc3)C3CS(=O)(=O)CC32)c1. The van der Waals surface area contributed by atoms with Crippen LogP contribution in [0.3, 0.4) is 0 Å². The zero-order chi connectivity index (χ0) is 19.9. The summed E-state index contributed by atoms with van der Waals surface area (Å²) < 4.78 is 24.7. The maximum absolute atomic E-state index is 13.3. The number of nitriles is 1. The molecule has 0 N–H and O–H groups in total. The van der Waals surface area contributed by atoms with Crippen LogP contribution in [0.4, 0.5) is 10.5 Å². The van der Waals surface area contributed by atoms with Crippen LogP contribution >= 0.6 is 11.8 Å². The second-order valence-corrected chi connectivity index (χ2v) is 10.0. The molecule has 0 radical (unpaired) electrons. The lowest BCUT2D eigenvalue weighted by Gasteiger charge is -2.23. The monoisotopic (exact) mass is 413 g/mol. The van der Waals surface area contributed by atoms with Crippen molar-refractivity contribution in [3.63, 3.8) is 0 Å². The summed E-state index contributed by atoms with van der Waals surface area (Å²) in [6.45, 7) is 0.319. The number of carbonyl (C=O) groups is 1. The van der Waals surface area contributed by atoms with Gasteiger partial charge in [0, 0.05) is 17.1 Å². The number of urea groups is 1. The van der Waals surface area contributed by atoms with E-state index < -0.39 is 9.84 Å². The van der Waals surface area contributed by atoms with Gasteiger partial charge in [-0.15, -0.1) is 11.8 Å². The number of thioether (sulfide) groups is 1. The molecule has 144 valence electrons. The van der Waals surface area contributed by atoms with Crippen molar-refractivity contribution < 1.29 is 13.2 Å². The fraction of sp³-hybridized carbons (Fsp3) is 0.300. The Bertz CT molecular complexity index is 1060. The molecule has 2 fully saturated rings. The lowest BCUT2D eigenvalue weighted by Crippen LogP contribution is -2.37. The lowest BCUT2D eigenvalue weighted by atomic mass is 10.1. The molecule has 0 saturated carbocycles. The van der Waals surface area contributed by atoms with Crippen LogP contribution in [0, 0.1) is 11.3 Å². The quantitative estimate of drug-likeness (QED) is 0.569. The van der Waals surface area contributed by atoms with E-state index in [4.69, 9.17) is 5.26 Å². The number of amides is 2. The average molecular weight is 414 g/mol. The van der Waals surface area contributed by atoms with Gasteiger partial charge < -0.3 is 4.90 Å². The fourth-order valence-electron chi connectivity index (χ4n) is 3.91. The minimum Gasteiger partial charge on any atom is -0.314 e. The first-order chi connectivity index (χ1) is 13.4. The van der Waals surface area contributed by atoms with E-state index in [1.54, 1.807) is 45.8 Å². The highest BCUT2D eigenvalue weighted by Crippen LogP contribution is 2.36. The molecule has 0 aromatic heterocycles. The summed E-state index contributed by atoms with van der Waals surface area (Å²) in [5, 5.41) is 8.95. The van der Waals surface area contributed by atoms with Crippen LogP contribution in [-0.4, -0.2) is 49.2 Å². The summed E-state index contributed by atoms with van der Waals surface area (Å²) in [5.74, 6) is -0.0326. The first-order valence-corrected chi connectivity index (χ1v) is 11.9. The van der Waals surface area contributed by atoms with E-state index in [0.717, 1.165) is 16.1 Å². The predicted octanol–water partition coefficient (Wildman–Crippen LogP) is 2.89. The summed E-state index contributed by atoms with van der Waals surface area (Å²) >= 11 is 1.58. The van der Waals surface area contributed by atoms with Gasteiger partial charge in [-0.1, -0.05) is 18.2 Å². The summed E-state index contributed by atoms with van der Waals surface area (Å²) in [5.41, 5.74) is 2.15. The molecule has 2 saturated heterocycles. The van der Waals surface area contributed by atoms with Gasteiger partial charge in [0.25, 0.3) is 0 Å². The topological polar surface area (TPSA) is 81.5 Å². The third kappa shape index (κ3) is 3.36. The zero-order valence-corrected chi connectivity index (χ0v) is 16.9. The fourth-order valence-corrected chi connectivity index (χ4v) is 6.31. The summed E-state index contributed by atoms with van der Waals surface area (Å²) in [6.07, 6.45) is 1.96. The van der Waals surface area contributed by atoms with Crippen molar-refractivity contribution in [2.75, 3.05) is 22.7 Å². The van der Waals surface area contributed by atoms with Gasteiger partial charge in [0.2, 0.25) is 0 Å². The number of nitrogens with zero attached hydrogens (tertiary/aromatic N) is 3. The summed E-state index contributed by atoms with van der Waals surface area (Å²) in [4.78, 5) is 17.6. The van der Waals surface area contributed by atoms with Gasteiger partial charge in [-0.3, -0.25) is 4.90 Å². The Morgan fingerprint density at radius 1 is 1.14 bits per heavy atom. The summed E-state index contributed by atoms with van der Waals surface area (Å²) in [7, 11) is -3.21. The molecule has 0 bridgehead atoms. The molecule has 2 amide bonds. The minimum atomic E-state index is -3.21. The van der Waals surface area contributed by atoms with Crippen LogP contribution in [0.1, 0.15) is 11.1 Å². The van der Waals surface area contributed by atoms with Gasteiger partial charge in [-0.05, 0) is 42.2 Å². The number of carbonyl (C=O) groups excluding carboxylic acids is 1. The maximum Gasteiger partial charge on any atom is 0.325 e. The van der Waals surface area contributed by atoms with Crippen molar-refractivity contribution in [3.05, 3.63) is 59.7 Å². The van der Waals surface area contributed by atoms with Crippen molar-refractivity contribution in [2.24, 2.45) is 0 Å². The second kappa shape index (κ2) is 7.15. The first kappa shape index (κ1) is 18.8. The molecule has 0 aliphatic carbocycles. The third-order valence-electron chi connectivity index (χ3n) is 5.24. The molecular formula is C20H19N3O3S2. The molecule has 2 aromatic rings. The van der Waals surface area contributed by atoms with Gasteiger partial charge in [0.05, 0.1) is 35.2 Å². The molecule has 2 unspecified atom stereocenters. The first-order valence-electron chi connectivity index (χ1n) is 8.85. The number of sulfone groups is 1. The zero-order valence-electron chi connectivity index (χ0n) is 15.3. The Hall–Kier alpha value is -2.50. The Balaban J connectivity index is 1.68. The minimum absolute atomic E-state index is 0.0155. The number of rotatable bonds is 4. The van der Waals surface area contributed by atoms with Gasteiger partial charge in [-0.2, -0.15) is 5.26 Å². The van der Waals surface area contributed by atoms with E-state index in [1.807, 2.05) is 30.5 Å². The maximum atomic E-state index is 13.3. The molecule has 0 spiro atoms. The Labute approximate surface area is 168 Å². The van der Waals surface area contributed by atoms with Crippen LogP contribution < -0.4 is 4.90 Å². The Morgan fingerprint density at radius 3 is 2.54 bits per heavy atom. The number of anilines is 1. The van der Waals surface area contributed by atoms with E-state index in [-0.39, 0.29) is 29.6 Å². The van der Waals surface area contributed by atoms with Crippen molar-refractivity contribution in [1.29, 1.82) is 5.26 Å². The van der Waals surface area contributed by atoms with Gasteiger partial charge in [0.1, 0.15) is 0 Å². The van der Waals surface area contributed by atoms with Gasteiger partial charge >= 0.3 is 6.03 Å². The second-order valence-electron chi connectivity index (χ2n) is 7.00.